The molecule has 3 heteroatoms. The van der Waals surface area contributed by atoms with Gasteiger partial charge in [0.15, 0.2) is 0 Å². The summed E-state index contributed by atoms with van der Waals surface area (Å²) in [6, 6.07) is 15.8. The van der Waals surface area contributed by atoms with Crippen molar-refractivity contribution in [3.05, 3.63) is 102 Å². The molecule has 0 radical (unpaired) electrons. The molecule has 1 amide bonds. The minimum atomic E-state index is -0.402. The van der Waals surface area contributed by atoms with Gasteiger partial charge in [-0.05, 0) is 36.3 Å². The molecule has 1 aliphatic rings. The van der Waals surface area contributed by atoms with Crippen molar-refractivity contribution in [2.24, 2.45) is 0 Å². The Labute approximate surface area is 154 Å². The van der Waals surface area contributed by atoms with E-state index in [4.69, 9.17) is 4.74 Å². The number of hydrogen-bond acceptors (Lipinski definition) is 2. The number of hydrogen-bond donors (Lipinski definition) is 0. The van der Waals surface area contributed by atoms with E-state index in [1.54, 1.807) is 17.1 Å². The van der Waals surface area contributed by atoms with E-state index in [1.807, 2.05) is 67.6 Å². The lowest BCUT2D eigenvalue weighted by atomic mass is 10.0. The summed E-state index contributed by atoms with van der Waals surface area (Å²) in [4.78, 5) is 14.3. The Bertz CT molecular complexity index is 907. The quantitative estimate of drug-likeness (QED) is 0.647. The highest BCUT2D eigenvalue weighted by atomic mass is 16.6. The van der Waals surface area contributed by atoms with Crippen LogP contribution in [0.3, 0.4) is 0 Å². The average Bonchev–Trinajstić information content (AvgIpc) is 2.65. The molecule has 0 atom stereocenters. The van der Waals surface area contributed by atoms with Crippen molar-refractivity contribution in [1.29, 1.82) is 0 Å². The average molecular weight is 343 g/mol. The number of nitrogens with zero attached hydrogens (tertiary/aromatic N) is 1. The number of ether oxygens (including phenoxy) is 1. The number of anilines is 1. The molecule has 1 aliphatic heterocycles. The van der Waals surface area contributed by atoms with Crippen molar-refractivity contribution < 1.29 is 9.53 Å². The third-order valence-electron chi connectivity index (χ3n) is 4.16. The van der Waals surface area contributed by atoms with Gasteiger partial charge >= 0.3 is 6.09 Å². The molecule has 0 fully saturated rings. The number of carbonyl (C=O) groups is 1. The van der Waals surface area contributed by atoms with Crippen LogP contribution in [0.1, 0.15) is 16.7 Å². The van der Waals surface area contributed by atoms with Crippen LogP contribution in [0.4, 0.5) is 10.5 Å². The largest absolute Gasteiger partial charge is 0.420 e. The van der Waals surface area contributed by atoms with E-state index < -0.39 is 6.09 Å². The Hall–Kier alpha value is -3.33. The zero-order chi connectivity index (χ0) is 18.5. The van der Waals surface area contributed by atoms with E-state index in [0.717, 1.165) is 28.0 Å². The van der Waals surface area contributed by atoms with Gasteiger partial charge in [0.2, 0.25) is 0 Å². The van der Waals surface area contributed by atoms with Crippen molar-refractivity contribution in [2.45, 2.75) is 6.92 Å². The molecule has 0 aliphatic carbocycles. The molecule has 2 aromatic carbocycles. The zero-order valence-electron chi connectivity index (χ0n) is 14.8. The number of amides is 1. The summed E-state index contributed by atoms with van der Waals surface area (Å²) in [5.41, 5.74) is 4.70. The lowest BCUT2D eigenvalue weighted by molar-refractivity contribution is 0.198. The van der Waals surface area contributed by atoms with Gasteiger partial charge in [0.05, 0.1) is 12.2 Å². The second-order valence-electron chi connectivity index (χ2n) is 6.08. The topological polar surface area (TPSA) is 29.5 Å². The summed E-state index contributed by atoms with van der Waals surface area (Å²) in [6.07, 6.45) is 6.73. The molecule has 0 N–H and O–H groups in total. The smallest absolute Gasteiger partial charge is 0.409 e. The predicted octanol–water partition coefficient (Wildman–Crippen LogP) is 5.75. The first kappa shape index (κ1) is 17.5. The number of aryl methyl sites for hydroxylation is 1. The van der Waals surface area contributed by atoms with Crippen LogP contribution >= 0.6 is 0 Å². The molecule has 3 rings (SSSR count). The second kappa shape index (κ2) is 7.70. The Morgan fingerprint density at radius 2 is 1.92 bits per heavy atom. The summed E-state index contributed by atoms with van der Waals surface area (Å²) < 4.78 is 5.67. The number of fused-ring (bicyclic) bond motifs is 1. The summed E-state index contributed by atoms with van der Waals surface area (Å²) >= 11 is 0. The highest BCUT2D eigenvalue weighted by molar-refractivity contribution is 6.02. The van der Waals surface area contributed by atoms with Gasteiger partial charge in [-0.1, -0.05) is 73.3 Å². The summed E-state index contributed by atoms with van der Waals surface area (Å²) in [5, 5.41) is 0. The fraction of sp³-hybridized carbons (Fsp3) is 0.0870. The maximum Gasteiger partial charge on any atom is 0.420 e. The van der Waals surface area contributed by atoms with Crippen molar-refractivity contribution in [3.63, 3.8) is 0 Å². The van der Waals surface area contributed by atoms with Crippen LogP contribution in [0, 0.1) is 6.92 Å². The second-order valence-corrected chi connectivity index (χ2v) is 6.08. The van der Waals surface area contributed by atoms with E-state index in [2.05, 4.69) is 13.2 Å². The van der Waals surface area contributed by atoms with Crippen LogP contribution in [0.2, 0.25) is 0 Å². The van der Waals surface area contributed by atoms with Crippen LogP contribution in [0.5, 0.6) is 0 Å². The Kier molecular flexibility index (Phi) is 5.18. The Morgan fingerprint density at radius 3 is 2.62 bits per heavy atom. The molecule has 0 spiro atoms. The molecule has 0 unspecified atom stereocenters. The molecule has 0 aromatic heterocycles. The number of cyclic esters (lactones) is 1. The van der Waals surface area contributed by atoms with Gasteiger partial charge < -0.3 is 4.74 Å². The lowest BCUT2D eigenvalue weighted by Crippen LogP contribution is -2.36. The molecule has 3 nitrogen and oxygen atoms in total. The summed E-state index contributed by atoms with van der Waals surface area (Å²) in [7, 11) is 0. The lowest BCUT2D eigenvalue weighted by Gasteiger charge is -2.30. The van der Waals surface area contributed by atoms with Gasteiger partial charge in [-0.15, -0.1) is 0 Å². The predicted molar refractivity (Wildman–Crippen MR) is 108 cm³/mol. The standard InChI is InChI=1S/C23H21NO2/c1-4-9-18(5-2)16-24-21-13-12-17(3)14-20(21)22(26-23(24)25)15-19-10-7-6-8-11-19/h4-15H,1-2,16H2,3H3/b18-9+,22-15-. The van der Waals surface area contributed by atoms with E-state index >= 15 is 0 Å². The molecular weight excluding hydrogens is 322 g/mol. The van der Waals surface area contributed by atoms with Gasteiger partial charge in [-0.2, -0.15) is 0 Å². The fourth-order valence-electron chi connectivity index (χ4n) is 2.86. The number of rotatable bonds is 5. The molecule has 0 saturated heterocycles. The van der Waals surface area contributed by atoms with Crippen molar-refractivity contribution >= 4 is 23.6 Å². The minimum Gasteiger partial charge on any atom is -0.409 e. The van der Waals surface area contributed by atoms with Crippen LogP contribution in [0.15, 0.2) is 85.5 Å². The van der Waals surface area contributed by atoms with E-state index in [9.17, 15) is 4.79 Å². The summed E-state index contributed by atoms with van der Waals surface area (Å²) in [6.45, 7) is 9.91. The maximum atomic E-state index is 12.7. The number of benzene rings is 2. The molecular formula is C23H21NO2. The van der Waals surface area contributed by atoms with Crippen LogP contribution in [-0.4, -0.2) is 12.6 Å². The highest BCUT2D eigenvalue weighted by Gasteiger charge is 2.29. The molecule has 0 saturated carbocycles. The molecule has 0 bridgehead atoms. The van der Waals surface area contributed by atoms with Crippen LogP contribution in [-0.2, 0) is 4.74 Å². The first-order valence-electron chi connectivity index (χ1n) is 8.43. The molecule has 26 heavy (non-hydrogen) atoms. The molecule has 1 heterocycles. The highest BCUT2D eigenvalue weighted by Crippen LogP contribution is 2.36. The minimum absolute atomic E-state index is 0.378. The SMILES string of the molecule is C=C/C=C(\C=C)CN1C(=O)O/C(=C\c2ccccc2)c2cc(C)ccc21. The van der Waals surface area contributed by atoms with Gasteiger partial charge in [0.25, 0.3) is 0 Å². The van der Waals surface area contributed by atoms with E-state index in [1.165, 1.54) is 0 Å². The zero-order valence-corrected chi connectivity index (χ0v) is 14.8. The molecule has 130 valence electrons. The third kappa shape index (κ3) is 3.67. The summed E-state index contributed by atoms with van der Waals surface area (Å²) in [5.74, 6) is 0.559. The Morgan fingerprint density at radius 1 is 1.15 bits per heavy atom. The van der Waals surface area contributed by atoms with Gasteiger partial charge in [0.1, 0.15) is 5.76 Å². The van der Waals surface area contributed by atoms with E-state index in [0.29, 0.717) is 12.3 Å². The van der Waals surface area contributed by atoms with Gasteiger partial charge in [0, 0.05) is 5.56 Å². The van der Waals surface area contributed by atoms with Crippen molar-refractivity contribution in [2.75, 3.05) is 11.4 Å². The number of carbonyl (C=O) groups excluding carboxylic acids is 1. The van der Waals surface area contributed by atoms with Gasteiger partial charge in [-0.25, -0.2) is 4.79 Å². The van der Waals surface area contributed by atoms with Crippen LogP contribution in [0.25, 0.3) is 11.8 Å². The first-order valence-corrected chi connectivity index (χ1v) is 8.43. The Balaban J connectivity index is 2.06. The fourth-order valence-corrected chi connectivity index (χ4v) is 2.86. The normalized spacial score (nSPS) is 15.4. The van der Waals surface area contributed by atoms with Crippen LogP contribution < -0.4 is 4.90 Å². The number of allylic oxidation sites excluding steroid dienone is 2. The third-order valence-corrected chi connectivity index (χ3v) is 4.16. The molecule has 2 aromatic rings. The van der Waals surface area contributed by atoms with Gasteiger partial charge in [-0.3, -0.25) is 4.90 Å². The van der Waals surface area contributed by atoms with Crippen molar-refractivity contribution in [3.8, 4) is 0 Å². The monoisotopic (exact) mass is 343 g/mol. The maximum absolute atomic E-state index is 12.7. The van der Waals surface area contributed by atoms with E-state index in [-0.39, 0.29) is 0 Å². The first-order chi connectivity index (χ1) is 12.6. The van der Waals surface area contributed by atoms with Crippen molar-refractivity contribution in [1.82, 2.24) is 0 Å².